The quantitative estimate of drug-likeness (QED) is 0.503. The molecule has 2 fully saturated rings. The highest BCUT2D eigenvalue weighted by Gasteiger charge is 2.19. The van der Waals surface area contributed by atoms with Crippen LogP contribution in [0, 0.1) is 11.8 Å². The van der Waals surface area contributed by atoms with Crippen LogP contribution in [-0.4, -0.2) is 48.6 Å². The molecule has 4 atom stereocenters. The van der Waals surface area contributed by atoms with Crippen LogP contribution in [0.2, 0.25) is 0 Å². The second kappa shape index (κ2) is 9.45. The Balaban J connectivity index is 0. The Kier molecular flexibility index (Phi) is 11.1. The van der Waals surface area contributed by atoms with E-state index in [9.17, 15) is 0 Å². The fourth-order valence-electron chi connectivity index (χ4n) is 1.59. The van der Waals surface area contributed by atoms with Crippen LogP contribution in [0.5, 0.6) is 0 Å². The van der Waals surface area contributed by atoms with E-state index in [0.717, 1.165) is 26.2 Å². The lowest BCUT2D eigenvalue weighted by atomic mass is 10.1. The minimum absolute atomic E-state index is 0. The van der Waals surface area contributed by atoms with Gasteiger partial charge in [-0.1, -0.05) is 13.8 Å². The highest BCUT2D eigenvalue weighted by molar-refractivity contribution is 5.85. The van der Waals surface area contributed by atoms with Crippen molar-refractivity contribution in [3.63, 3.8) is 0 Å². The Hall–Kier alpha value is 0.420. The topological polar surface area (TPSA) is 64.5 Å². The first kappa shape index (κ1) is 18.8. The fourth-order valence-corrected chi connectivity index (χ4v) is 1.59. The Bertz CT molecular complexity index is 141. The SMILES string of the molecule is C[C@@H]1CNC[C@@H]1O.C[C@H]1CNC[C@H]1O.Cl.Cl. The van der Waals surface area contributed by atoms with Gasteiger partial charge in [0.1, 0.15) is 0 Å². The zero-order valence-electron chi connectivity index (χ0n) is 9.85. The van der Waals surface area contributed by atoms with Gasteiger partial charge in [-0.25, -0.2) is 0 Å². The van der Waals surface area contributed by atoms with E-state index in [-0.39, 0.29) is 37.0 Å². The van der Waals surface area contributed by atoms with Gasteiger partial charge in [0.2, 0.25) is 0 Å². The highest BCUT2D eigenvalue weighted by atomic mass is 35.5. The minimum atomic E-state index is -0.0972. The van der Waals surface area contributed by atoms with E-state index >= 15 is 0 Å². The molecular weight excluding hydrogens is 251 g/mol. The zero-order chi connectivity index (χ0) is 10.6. The molecule has 2 aliphatic rings. The molecule has 0 aromatic heterocycles. The fraction of sp³-hybridized carbons (Fsp3) is 1.00. The maximum Gasteiger partial charge on any atom is 0.0702 e. The summed E-state index contributed by atoms with van der Waals surface area (Å²) in [5.41, 5.74) is 0. The Morgan fingerprint density at radius 3 is 1.12 bits per heavy atom. The van der Waals surface area contributed by atoms with Crippen LogP contribution < -0.4 is 10.6 Å². The van der Waals surface area contributed by atoms with Crippen molar-refractivity contribution in [2.24, 2.45) is 11.8 Å². The predicted octanol–water partition coefficient (Wildman–Crippen LogP) is 0.0168. The van der Waals surface area contributed by atoms with Gasteiger partial charge in [-0.05, 0) is 11.8 Å². The molecule has 2 heterocycles. The number of rotatable bonds is 0. The van der Waals surface area contributed by atoms with Crippen LogP contribution in [0.1, 0.15) is 13.8 Å². The van der Waals surface area contributed by atoms with Crippen LogP contribution in [0.4, 0.5) is 0 Å². The smallest absolute Gasteiger partial charge is 0.0702 e. The second-order valence-electron chi connectivity index (χ2n) is 4.41. The average molecular weight is 275 g/mol. The third kappa shape index (κ3) is 6.23. The zero-order valence-corrected chi connectivity index (χ0v) is 11.5. The van der Waals surface area contributed by atoms with E-state index in [1.165, 1.54) is 0 Å². The number of aliphatic hydroxyl groups is 2. The van der Waals surface area contributed by atoms with Crippen molar-refractivity contribution in [1.82, 2.24) is 10.6 Å². The number of hydrogen-bond acceptors (Lipinski definition) is 4. The van der Waals surface area contributed by atoms with Gasteiger partial charge in [0, 0.05) is 26.2 Å². The summed E-state index contributed by atoms with van der Waals surface area (Å²) in [4.78, 5) is 0. The molecule has 2 rings (SSSR count). The molecule has 2 saturated heterocycles. The Morgan fingerprint density at radius 1 is 0.750 bits per heavy atom. The molecule has 0 bridgehead atoms. The van der Waals surface area contributed by atoms with Crippen molar-refractivity contribution in [1.29, 1.82) is 0 Å². The highest BCUT2D eigenvalue weighted by Crippen LogP contribution is 2.05. The largest absolute Gasteiger partial charge is 0.391 e. The second-order valence-corrected chi connectivity index (χ2v) is 4.41. The molecule has 4 N–H and O–H groups in total. The van der Waals surface area contributed by atoms with Gasteiger partial charge in [-0.3, -0.25) is 0 Å². The Labute approximate surface area is 110 Å². The molecule has 0 saturated carbocycles. The van der Waals surface area contributed by atoms with E-state index in [1.54, 1.807) is 0 Å². The first-order valence-corrected chi connectivity index (χ1v) is 5.38. The summed E-state index contributed by atoms with van der Waals surface area (Å²) in [6.07, 6.45) is -0.194. The lowest BCUT2D eigenvalue weighted by Crippen LogP contribution is -2.14. The monoisotopic (exact) mass is 274 g/mol. The van der Waals surface area contributed by atoms with Crippen molar-refractivity contribution < 1.29 is 10.2 Å². The average Bonchev–Trinajstić information content (AvgIpc) is 2.67. The molecule has 16 heavy (non-hydrogen) atoms. The molecule has 0 aliphatic carbocycles. The standard InChI is InChI=1S/2C5H11NO.2ClH/c2*1-4-2-6-3-5(4)7;;/h2*4-7H,2-3H2,1H3;2*1H/t2*4-,5+;;/m10../s1. The van der Waals surface area contributed by atoms with Gasteiger partial charge in [-0.2, -0.15) is 0 Å². The lowest BCUT2D eigenvalue weighted by Gasteiger charge is -2.02. The van der Waals surface area contributed by atoms with Gasteiger partial charge in [0.15, 0.2) is 0 Å². The number of β-amino-alcohol motifs (C(OH)–C–C–N with tert-alkyl or cyclic N) is 2. The molecule has 0 spiro atoms. The summed E-state index contributed by atoms with van der Waals surface area (Å²) in [5.74, 6) is 0.917. The number of halogens is 2. The molecule has 0 radical (unpaired) electrons. The van der Waals surface area contributed by atoms with Crippen LogP contribution >= 0.6 is 24.8 Å². The molecule has 0 aromatic carbocycles. The summed E-state index contributed by atoms with van der Waals surface area (Å²) in [6.45, 7) is 7.60. The maximum atomic E-state index is 8.94. The van der Waals surface area contributed by atoms with E-state index in [0.29, 0.717) is 11.8 Å². The molecule has 2 aliphatic heterocycles. The van der Waals surface area contributed by atoms with E-state index in [2.05, 4.69) is 10.6 Å². The first-order chi connectivity index (χ1) is 6.61. The predicted molar refractivity (Wildman–Crippen MR) is 70.6 cm³/mol. The molecule has 0 amide bonds. The van der Waals surface area contributed by atoms with Crippen molar-refractivity contribution in [3.05, 3.63) is 0 Å². The van der Waals surface area contributed by atoms with Crippen molar-refractivity contribution in [3.8, 4) is 0 Å². The molecular formula is C10H24Cl2N2O2. The number of hydrogen-bond donors (Lipinski definition) is 4. The molecule has 4 nitrogen and oxygen atoms in total. The van der Waals surface area contributed by atoms with Gasteiger partial charge in [-0.15, -0.1) is 24.8 Å². The van der Waals surface area contributed by atoms with Crippen molar-refractivity contribution in [2.75, 3.05) is 26.2 Å². The van der Waals surface area contributed by atoms with Crippen molar-refractivity contribution in [2.45, 2.75) is 26.1 Å². The van der Waals surface area contributed by atoms with Crippen LogP contribution in [-0.2, 0) is 0 Å². The minimum Gasteiger partial charge on any atom is -0.391 e. The van der Waals surface area contributed by atoms with Crippen molar-refractivity contribution >= 4 is 24.8 Å². The maximum absolute atomic E-state index is 8.94. The molecule has 100 valence electrons. The molecule has 0 aromatic rings. The normalized spacial score (nSPS) is 36.8. The molecule has 0 unspecified atom stereocenters. The van der Waals surface area contributed by atoms with Gasteiger partial charge >= 0.3 is 0 Å². The van der Waals surface area contributed by atoms with Gasteiger partial charge in [0.05, 0.1) is 12.2 Å². The van der Waals surface area contributed by atoms with Crippen LogP contribution in [0.15, 0.2) is 0 Å². The first-order valence-electron chi connectivity index (χ1n) is 5.38. The van der Waals surface area contributed by atoms with Gasteiger partial charge < -0.3 is 20.8 Å². The van der Waals surface area contributed by atoms with Crippen LogP contribution in [0.25, 0.3) is 0 Å². The third-order valence-electron chi connectivity index (χ3n) is 2.95. The van der Waals surface area contributed by atoms with E-state index in [1.807, 2.05) is 13.8 Å². The summed E-state index contributed by atoms with van der Waals surface area (Å²) in [7, 11) is 0. The summed E-state index contributed by atoms with van der Waals surface area (Å²) >= 11 is 0. The Morgan fingerprint density at radius 2 is 1.06 bits per heavy atom. The van der Waals surface area contributed by atoms with Crippen LogP contribution in [0.3, 0.4) is 0 Å². The van der Waals surface area contributed by atoms with E-state index in [4.69, 9.17) is 10.2 Å². The van der Waals surface area contributed by atoms with Gasteiger partial charge in [0.25, 0.3) is 0 Å². The van der Waals surface area contributed by atoms with E-state index < -0.39 is 0 Å². The summed E-state index contributed by atoms with van der Waals surface area (Å²) < 4.78 is 0. The third-order valence-corrected chi connectivity index (χ3v) is 2.95. The summed E-state index contributed by atoms with van der Waals surface area (Å²) in [6, 6.07) is 0. The lowest BCUT2D eigenvalue weighted by molar-refractivity contribution is 0.156. The summed E-state index contributed by atoms with van der Waals surface area (Å²) in [5, 5.41) is 24.0. The number of aliphatic hydroxyl groups excluding tert-OH is 2. The number of nitrogens with one attached hydrogen (secondary N) is 2. The molecule has 6 heteroatoms.